The Labute approximate surface area is 449 Å². The van der Waals surface area contributed by atoms with Gasteiger partial charge in [-0.2, -0.15) is 0 Å². The standard InChI is InChI=1S/C56H85N5O15/c1-15-27-73-40-28-38(75-56-48(65)46(63)47(64)51(76-56)55(69)70)25-24-37(40)30-74-50(36-21-18-17-19-22-36)35(9)57-52(66)34(8)49(72-14)39-23-20-26-61(39)42(62)29-41(71-13)45(33(7)16-2)60(12)54(68)43(31(3)4)58-53(67)44(32(5)6)59(10)11/h1,17-19,21-22,24-25,28,31-35,39,41,43-51,56,63-65H,16,20,23,26-27,29-30H2,2-14H3,(H,57,66)(H,58,67)(H,69,70)/t33-,34+,35+,39-,41+,43-,44-,45-,46-,47-,48+,49+,50+,51-,56+/m0/s1. The molecule has 0 aromatic heterocycles. The molecular formula is C56H85N5O15. The van der Waals surface area contributed by atoms with E-state index in [0.717, 1.165) is 5.56 Å². The molecule has 2 aromatic carbocycles. The number of aliphatic carboxylic acids is 1. The lowest BCUT2D eigenvalue weighted by Gasteiger charge is -2.41. The predicted octanol–water partition coefficient (Wildman–Crippen LogP) is 3.38. The van der Waals surface area contributed by atoms with Crippen molar-refractivity contribution in [3.8, 4) is 23.8 Å². The van der Waals surface area contributed by atoms with E-state index >= 15 is 0 Å². The number of likely N-dealkylation sites (N-methyl/N-ethyl adjacent to an activating group) is 2. The zero-order valence-electron chi connectivity index (χ0n) is 46.6. The Morgan fingerprint density at radius 2 is 1.55 bits per heavy atom. The monoisotopic (exact) mass is 1070 g/mol. The van der Waals surface area contributed by atoms with Crippen LogP contribution in [0.1, 0.15) is 98.3 Å². The van der Waals surface area contributed by atoms with Crippen LogP contribution in [-0.4, -0.2) is 186 Å². The molecule has 4 amide bonds. The lowest BCUT2D eigenvalue weighted by molar-refractivity contribution is -0.271. The minimum atomic E-state index is -1.90. The second-order valence-electron chi connectivity index (χ2n) is 21.0. The average Bonchev–Trinajstić information content (AvgIpc) is 3.87. The van der Waals surface area contributed by atoms with Crippen LogP contribution in [0.25, 0.3) is 0 Å². The van der Waals surface area contributed by atoms with Gasteiger partial charge in [0.2, 0.25) is 29.9 Å². The van der Waals surface area contributed by atoms with Crippen molar-refractivity contribution in [2.75, 3.05) is 48.5 Å². The second kappa shape index (κ2) is 29.4. The Hall–Kier alpha value is -5.37. The van der Waals surface area contributed by atoms with E-state index in [1.807, 2.05) is 97.8 Å². The number of nitrogens with zero attached hydrogens (tertiary/aromatic N) is 3. The molecule has 0 spiro atoms. The van der Waals surface area contributed by atoms with Gasteiger partial charge in [-0.05, 0) is 69.3 Å². The number of likely N-dealkylation sites (tertiary alicyclic amines) is 1. The van der Waals surface area contributed by atoms with Crippen LogP contribution in [0.3, 0.4) is 0 Å². The van der Waals surface area contributed by atoms with Crippen molar-refractivity contribution in [2.24, 2.45) is 23.7 Å². The first-order valence-electron chi connectivity index (χ1n) is 26.3. The van der Waals surface area contributed by atoms with Crippen LogP contribution >= 0.6 is 0 Å². The van der Waals surface area contributed by atoms with Crippen molar-refractivity contribution in [3.05, 3.63) is 59.7 Å². The van der Waals surface area contributed by atoms with Gasteiger partial charge >= 0.3 is 5.97 Å². The van der Waals surface area contributed by atoms with Crippen LogP contribution in [-0.2, 0) is 49.5 Å². The molecule has 2 saturated heterocycles. The molecule has 6 N–H and O–H groups in total. The van der Waals surface area contributed by atoms with E-state index in [1.165, 1.54) is 26.4 Å². The molecule has 0 saturated carbocycles. The van der Waals surface area contributed by atoms with Gasteiger partial charge in [0.05, 0.1) is 55.3 Å². The molecule has 2 aromatic rings. The number of carboxylic acid groups (broad SMARTS) is 1. The van der Waals surface area contributed by atoms with Gasteiger partial charge in [-0.1, -0.05) is 91.1 Å². The quantitative estimate of drug-likeness (QED) is 0.0668. The Morgan fingerprint density at radius 3 is 2.12 bits per heavy atom. The molecular weight excluding hydrogens is 983 g/mol. The molecule has 0 radical (unpaired) electrons. The number of benzene rings is 2. The van der Waals surface area contributed by atoms with E-state index < -0.39 is 91.1 Å². The third kappa shape index (κ3) is 15.9. The van der Waals surface area contributed by atoms with Crippen molar-refractivity contribution in [1.82, 2.24) is 25.3 Å². The van der Waals surface area contributed by atoms with Gasteiger partial charge in [-0.25, -0.2) is 4.79 Å². The van der Waals surface area contributed by atoms with Gasteiger partial charge in [0.15, 0.2) is 6.10 Å². The number of carbonyl (C=O) groups is 5. The van der Waals surface area contributed by atoms with Crippen molar-refractivity contribution >= 4 is 29.6 Å². The van der Waals surface area contributed by atoms with Gasteiger partial charge in [0.25, 0.3) is 0 Å². The number of carbonyl (C=O) groups excluding carboxylic acids is 4. The van der Waals surface area contributed by atoms with Gasteiger partial charge in [0.1, 0.15) is 48.6 Å². The third-order valence-electron chi connectivity index (χ3n) is 14.7. The minimum Gasteiger partial charge on any atom is -0.480 e. The van der Waals surface area contributed by atoms with Crippen molar-refractivity contribution in [2.45, 2.75) is 167 Å². The van der Waals surface area contributed by atoms with Crippen molar-refractivity contribution in [1.29, 1.82) is 0 Å². The summed E-state index contributed by atoms with van der Waals surface area (Å²) in [5.74, 6) is -0.930. The lowest BCUT2D eigenvalue weighted by atomic mass is 9.89. The van der Waals surface area contributed by atoms with Gasteiger partial charge in [0, 0.05) is 39.4 Å². The molecule has 20 nitrogen and oxygen atoms in total. The van der Waals surface area contributed by atoms with Crippen LogP contribution in [0.2, 0.25) is 0 Å². The highest BCUT2D eigenvalue weighted by Crippen LogP contribution is 2.34. The highest BCUT2D eigenvalue weighted by atomic mass is 16.7. The smallest absolute Gasteiger partial charge is 0.335 e. The number of nitrogens with one attached hydrogen (secondary N) is 2. The maximum atomic E-state index is 14.5. The van der Waals surface area contributed by atoms with Crippen LogP contribution in [0.4, 0.5) is 0 Å². The molecule has 424 valence electrons. The highest BCUT2D eigenvalue weighted by Gasteiger charge is 2.49. The highest BCUT2D eigenvalue weighted by molar-refractivity contribution is 5.90. The third-order valence-corrected chi connectivity index (χ3v) is 14.7. The number of amides is 4. The molecule has 0 bridgehead atoms. The maximum absolute atomic E-state index is 14.5. The summed E-state index contributed by atoms with van der Waals surface area (Å²) in [6.07, 6.45) is -3.72. The van der Waals surface area contributed by atoms with E-state index in [1.54, 1.807) is 29.8 Å². The fraction of sp³-hybridized carbons (Fsp3) is 0.661. The fourth-order valence-corrected chi connectivity index (χ4v) is 10.5. The first kappa shape index (κ1) is 63.2. The minimum absolute atomic E-state index is 0.00741. The van der Waals surface area contributed by atoms with Crippen molar-refractivity contribution < 1.29 is 72.8 Å². The number of methoxy groups -OCH3 is 2. The topological polar surface area (TPSA) is 255 Å². The number of rotatable bonds is 28. The number of ether oxygens (including phenoxy) is 6. The molecule has 4 rings (SSSR count). The zero-order valence-corrected chi connectivity index (χ0v) is 46.6. The number of aliphatic hydroxyl groups excluding tert-OH is 3. The molecule has 2 aliphatic rings. The summed E-state index contributed by atoms with van der Waals surface area (Å²) < 4.78 is 35.6. The fourth-order valence-electron chi connectivity index (χ4n) is 10.5. The second-order valence-corrected chi connectivity index (χ2v) is 21.0. The summed E-state index contributed by atoms with van der Waals surface area (Å²) in [5, 5.41) is 46.6. The van der Waals surface area contributed by atoms with E-state index in [9.17, 15) is 44.4 Å². The Balaban J connectivity index is 1.50. The number of hydrogen-bond donors (Lipinski definition) is 6. The summed E-state index contributed by atoms with van der Waals surface area (Å²) in [5.41, 5.74) is 1.27. The number of hydrogen-bond acceptors (Lipinski definition) is 15. The zero-order chi connectivity index (χ0) is 56.7. The Morgan fingerprint density at radius 1 is 0.882 bits per heavy atom. The maximum Gasteiger partial charge on any atom is 0.335 e. The average molecular weight is 1070 g/mol. The van der Waals surface area contributed by atoms with E-state index in [4.69, 9.17) is 34.8 Å². The molecule has 76 heavy (non-hydrogen) atoms. The Kier molecular flexibility index (Phi) is 24.4. The van der Waals surface area contributed by atoms with E-state index in [0.29, 0.717) is 31.4 Å². The van der Waals surface area contributed by atoms with Gasteiger partial charge < -0.3 is 69.3 Å². The van der Waals surface area contributed by atoms with Crippen LogP contribution in [0.5, 0.6) is 11.5 Å². The van der Waals surface area contributed by atoms with E-state index in [-0.39, 0.29) is 72.5 Å². The molecule has 15 atom stereocenters. The van der Waals surface area contributed by atoms with Crippen LogP contribution < -0.4 is 20.1 Å². The van der Waals surface area contributed by atoms with Gasteiger partial charge in [-0.3, -0.25) is 24.1 Å². The van der Waals surface area contributed by atoms with Crippen LogP contribution in [0, 0.1) is 36.0 Å². The van der Waals surface area contributed by atoms with Crippen LogP contribution in [0.15, 0.2) is 48.5 Å². The van der Waals surface area contributed by atoms with Gasteiger partial charge in [-0.15, -0.1) is 6.42 Å². The number of terminal acetylenes is 1. The first-order chi connectivity index (χ1) is 35.9. The molecule has 2 fully saturated rings. The number of carboxylic acids is 1. The predicted molar refractivity (Wildman–Crippen MR) is 282 cm³/mol. The molecule has 2 aliphatic heterocycles. The van der Waals surface area contributed by atoms with Crippen molar-refractivity contribution in [3.63, 3.8) is 0 Å². The molecule has 20 heteroatoms. The largest absolute Gasteiger partial charge is 0.480 e. The molecule has 2 heterocycles. The summed E-state index contributed by atoms with van der Waals surface area (Å²) in [4.78, 5) is 73.8. The lowest BCUT2D eigenvalue weighted by Crippen LogP contribution is -2.61. The summed E-state index contributed by atoms with van der Waals surface area (Å²) in [6, 6.07) is 11.0. The van der Waals surface area contributed by atoms with E-state index in [2.05, 4.69) is 16.6 Å². The summed E-state index contributed by atoms with van der Waals surface area (Å²) >= 11 is 0. The normalized spacial score (nSPS) is 23.3. The Bertz CT molecular complexity index is 2240. The summed E-state index contributed by atoms with van der Waals surface area (Å²) in [7, 11) is 8.45. The molecule has 0 aliphatic carbocycles. The SMILES string of the molecule is C#CCOc1cc(O[C@@H]2O[C@H](C(=O)O)[C@@H](O)[C@H](O)[C@H]2O)ccc1CO[C@@H](c1ccccc1)[C@@H](C)NC(=O)[C@H](C)[C@@H](OC)[C@@H]1CCCN1C(=O)C[C@@H](OC)[C@H]([C@@H](C)CC)N(C)C(=O)[C@@H](NC(=O)[C@H](C(C)C)N(C)C)C(C)C. The summed E-state index contributed by atoms with van der Waals surface area (Å²) in [6.45, 7) is 15.6. The first-order valence-corrected chi connectivity index (χ1v) is 26.3. The number of aliphatic hydroxyl groups is 3. The molecule has 0 unspecified atom stereocenters.